The SMILES string of the molecule is O=C=Nc1cccc(OCC(=O)OCOC(=O)CCCCC(=O)OCOC(=O)COc2cccc(N=C=O)c2)c1. The van der Waals surface area contributed by atoms with Gasteiger partial charge in [-0.3, -0.25) is 9.59 Å². The maximum absolute atomic E-state index is 11.7. The molecular formula is C26H24N2O12. The smallest absolute Gasteiger partial charge is 0.347 e. The fourth-order valence-electron chi connectivity index (χ4n) is 2.76. The molecule has 0 aliphatic carbocycles. The minimum Gasteiger partial charge on any atom is -0.482 e. The molecule has 0 saturated heterocycles. The summed E-state index contributed by atoms with van der Waals surface area (Å²) < 4.78 is 29.5. The van der Waals surface area contributed by atoms with Gasteiger partial charge in [0.15, 0.2) is 13.2 Å². The highest BCUT2D eigenvalue weighted by Crippen LogP contribution is 2.20. The van der Waals surface area contributed by atoms with Crippen LogP contribution in [-0.2, 0) is 47.7 Å². The monoisotopic (exact) mass is 556 g/mol. The second-order valence-corrected chi connectivity index (χ2v) is 7.49. The molecule has 2 aromatic rings. The van der Waals surface area contributed by atoms with Crippen molar-refractivity contribution in [1.29, 1.82) is 0 Å². The molecule has 2 aromatic carbocycles. The van der Waals surface area contributed by atoms with Gasteiger partial charge in [-0.25, -0.2) is 19.2 Å². The first-order valence-corrected chi connectivity index (χ1v) is 11.6. The predicted molar refractivity (Wildman–Crippen MR) is 132 cm³/mol. The maximum Gasteiger partial charge on any atom is 0.347 e. The lowest BCUT2D eigenvalue weighted by molar-refractivity contribution is -0.171. The van der Waals surface area contributed by atoms with Crippen LogP contribution in [0.2, 0.25) is 0 Å². The van der Waals surface area contributed by atoms with Crippen molar-refractivity contribution in [2.24, 2.45) is 9.98 Å². The van der Waals surface area contributed by atoms with E-state index >= 15 is 0 Å². The lowest BCUT2D eigenvalue weighted by atomic mass is 10.2. The molecule has 0 aliphatic heterocycles. The van der Waals surface area contributed by atoms with Crippen LogP contribution in [0.1, 0.15) is 25.7 Å². The summed E-state index contributed by atoms with van der Waals surface area (Å²) in [5.74, 6) is -2.29. The number of hydrogen-bond donors (Lipinski definition) is 0. The highest BCUT2D eigenvalue weighted by Gasteiger charge is 2.10. The van der Waals surface area contributed by atoms with Gasteiger partial charge in [0.05, 0.1) is 11.4 Å². The van der Waals surface area contributed by atoms with Gasteiger partial charge in [0.1, 0.15) is 11.5 Å². The van der Waals surface area contributed by atoms with Gasteiger partial charge in [-0.05, 0) is 37.1 Å². The molecule has 0 N–H and O–H groups in total. The average Bonchev–Trinajstić information content (AvgIpc) is 2.94. The quantitative estimate of drug-likeness (QED) is 0.0914. The van der Waals surface area contributed by atoms with E-state index < -0.39 is 50.7 Å². The zero-order valence-electron chi connectivity index (χ0n) is 21.1. The van der Waals surface area contributed by atoms with Crippen LogP contribution in [0.25, 0.3) is 0 Å². The van der Waals surface area contributed by atoms with E-state index in [4.69, 9.17) is 28.4 Å². The number of nitrogens with zero attached hydrogens (tertiary/aromatic N) is 2. The first-order valence-electron chi connectivity index (χ1n) is 11.6. The Morgan fingerprint density at radius 3 is 1.40 bits per heavy atom. The third-order valence-corrected chi connectivity index (χ3v) is 4.59. The van der Waals surface area contributed by atoms with Crippen LogP contribution in [0.15, 0.2) is 58.5 Å². The van der Waals surface area contributed by atoms with Crippen molar-refractivity contribution in [2.75, 3.05) is 26.8 Å². The molecule has 0 bridgehead atoms. The normalized spacial score (nSPS) is 9.70. The Morgan fingerprint density at radius 1 is 0.600 bits per heavy atom. The largest absolute Gasteiger partial charge is 0.482 e. The van der Waals surface area contributed by atoms with Gasteiger partial charge < -0.3 is 28.4 Å². The number of benzene rings is 2. The van der Waals surface area contributed by atoms with Crippen molar-refractivity contribution in [3.05, 3.63) is 48.5 Å². The van der Waals surface area contributed by atoms with E-state index in [0.717, 1.165) is 0 Å². The molecule has 0 radical (unpaired) electrons. The van der Waals surface area contributed by atoms with Crippen LogP contribution in [0.5, 0.6) is 11.5 Å². The molecule has 0 unspecified atom stereocenters. The first-order chi connectivity index (χ1) is 19.4. The van der Waals surface area contributed by atoms with Gasteiger partial charge in [0.2, 0.25) is 25.7 Å². The van der Waals surface area contributed by atoms with Crippen molar-refractivity contribution >= 4 is 47.4 Å². The van der Waals surface area contributed by atoms with E-state index in [-0.39, 0.29) is 24.3 Å². The summed E-state index contributed by atoms with van der Waals surface area (Å²) in [5.41, 5.74) is 0.612. The molecule has 0 fully saturated rings. The van der Waals surface area contributed by atoms with E-state index in [1.165, 1.54) is 24.3 Å². The lowest BCUT2D eigenvalue weighted by Crippen LogP contribution is -2.18. The van der Waals surface area contributed by atoms with Gasteiger partial charge in [0, 0.05) is 25.0 Å². The van der Waals surface area contributed by atoms with Crippen molar-refractivity contribution in [2.45, 2.75) is 25.7 Å². The van der Waals surface area contributed by atoms with Gasteiger partial charge in [-0.15, -0.1) is 0 Å². The Bertz CT molecular complexity index is 1170. The Hall–Kier alpha value is -5.32. The summed E-state index contributed by atoms with van der Waals surface area (Å²) in [6.07, 6.45) is 3.31. The number of hydrogen-bond acceptors (Lipinski definition) is 14. The topological polar surface area (TPSA) is 183 Å². The fourth-order valence-corrected chi connectivity index (χ4v) is 2.76. The number of isocyanates is 2. The summed E-state index contributed by atoms with van der Waals surface area (Å²) in [7, 11) is 0. The number of carbonyl (C=O) groups is 4. The van der Waals surface area contributed by atoms with E-state index in [1.807, 2.05) is 0 Å². The van der Waals surface area contributed by atoms with Crippen molar-refractivity contribution in [3.8, 4) is 11.5 Å². The van der Waals surface area contributed by atoms with Crippen LogP contribution in [-0.4, -0.2) is 62.8 Å². The second kappa shape index (κ2) is 18.0. The molecule has 0 amide bonds. The molecule has 0 aliphatic rings. The van der Waals surface area contributed by atoms with E-state index in [0.29, 0.717) is 24.2 Å². The van der Waals surface area contributed by atoms with Gasteiger partial charge in [-0.2, -0.15) is 9.98 Å². The molecular weight excluding hydrogens is 532 g/mol. The molecule has 0 saturated carbocycles. The summed E-state index contributed by atoms with van der Waals surface area (Å²) in [5, 5.41) is 0. The van der Waals surface area contributed by atoms with Crippen molar-refractivity contribution in [3.63, 3.8) is 0 Å². The Labute approximate surface area is 227 Å². The Kier molecular flexibility index (Phi) is 13.9. The highest BCUT2D eigenvalue weighted by atomic mass is 16.7. The van der Waals surface area contributed by atoms with Gasteiger partial charge >= 0.3 is 23.9 Å². The van der Waals surface area contributed by atoms with Crippen LogP contribution in [0, 0.1) is 0 Å². The Balaban J connectivity index is 1.48. The molecule has 0 spiro atoms. The average molecular weight is 556 g/mol. The summed E-state index contributed by atoms with van der Waals surface area (Å²) in [6, 6.07) is 12.2. The Morgan fingerprint density at radius 2 is 1.00 bits per heavy atom. The van der Waals surface area contributed by atoms with Crippen LogP contribution < -0.4 is 9.47 Å². The molecule has 40 heavy (non-hydrogen) atoms. The van der Waals surface area contributed by atoms with Gasteiger partial charge in [-0.1, -0.05) is 12.1 Å². The number of aliphatic imine (C=N–C) groups is 2. The number of ether oxygens (including phenoxy) is 6. The van der Waals surface area contributed by atoms with E-state index in [1.54, 1.807) is 36.4 Å². The maximum atomic E-state index is 11.7. The summed E-state index contributed by atoms with van der Waals surface area (Å²) >= 11 is 0. The molecule has 210 valence electrons. The molecule has 0 heterocycles. The molecule has 14 heteroatoms. The minimum atomic E-state index is -0.786. The number of unbranched alkanes of at least 4 members (excludes halogenated alkanes) is 1. The van der Waals surface area contributed by atoms with Crippen molar-refractivity contribution < 1.29 is 57.2 Å². The zero-order valence-corrected chi connectivity index (χ0v) is 21.1. The fraction of sp³-hybridized carbons (Fsp3) is 0.308. The van der Waals surface area contributed by atoms with Crippen LogP contribution >= 0.6 is 0 Å². The third-order valence-electron chi connectivity index (χ3n) is 4.59. The minimum absolute atomic E-state index is 0.0307. The molecule has 14 nitrogen and oxygen atoms in total. The third kappa shape index (κ3) is 13.3. The van der Waals surface area contributed by atoms with E-state index in [2.05, 4.69) is 9.98 Å². The predicted octanol–water partition coefficient (Wildman–Crippen LogP) is 2.73. The standard InChI is InChI=1S/C26H24N2O12/c29-15-27-19-5-3-7-21(11-19)35-13-25(33)39-17-37-23(31)9-1-2-10-24(32)38-18-40-26(34)14-36-22-8-4-6-20(12-22)28-16-30/h3-8,11-12H,1-2,9-10,13-14,17-18H2. The summed E-state index contributed by atoms with van der Waals surface area (Å²) in [6.45, 7) is -2.12. The van der Waals surface area contributed by atoms with Crippen LogP contribution in [0.4, 0.5) is 11.4 Å². The van der Waals surface area contributed by atoms with Crippen LogP contribution in [0.3, 0.4) is 0 Å². The van der Waals surface area contributed by atoms with Gasteiger partial charge in [0.25, 0.3) is 0 Å². The lowest BCUT2D eigenvalue weighted by Gasteiger charge is -2.09. The molecule has 0 aromatic heterocycles. The highest BCUT2D eigenvalue weighted by molar-refractivity contribution is 5.73. The summed E-state index contributed by atoms with van der Waals surface area (Å²) in [4.78, 5) is 74.2. The number of rotatable bonds is 17. The first kappa shape index (κ1) is 30.9. The number of carbonyl (C=O) groups excluding carboxylic acids is 6. The van der Waals surface area contributed by atoms with Crippen molar-refractivity contribution in [1.82, 2.24) is 0 Å². The van der Waals surface area contributed by atoms with E-state index in [9.17, 15) is 28.8 Å². The zero-order chi connectivity index (χ0) is 29.0. The molecule has 2 rings (SSSR count). The number of esters is 4. The second-order valence-electron chi connectivity index (χ2n) is 7.49. The molecule has 0 atom stereocenters.